The number of rotatable bonds is 0. The summed E-state index contributed by atoms with van der Waals surface area (Å²) in [5, 5.41) is 2.84. The fourth-order valence-electron chi connectivity index (χ4n) is 3.30. The molecular weight excluding hydrogens is 304 g/mol. The van der Waals surface area contributed by atoms with Gasteiger partial charge in [0.2, 0.25) is 5.78 Å². The van der Waals surface area contributed by atoms with E-state index in [1.165, 1.54) is 11.3 Å². The van der Waals surface area contributed by atoms with E-state index in [1.807, 2.05) is 60.7 Å². The smallest absolute Gasteiger partial charge is 0.204 e. The summed E-state index contributed by atoms with van der Waals surface area (Å²) in [4.78, 5) is 26.5. The minimum Gasteiger partial charge on any atom is -0.289 e. The van der Waals surface area contributed by atoms with Crippen LogP contribution >= 0.6 is 11.3 Å². The summed E-state index contributed by atoms with van der Waals surface area (Å²) in [5.74, 6) is -0.0839. The standard InChI is InChI=1S/C20H10O2S/c21-18-14-9-11-5-1-2-6-12(11)10-15(14)19(22)20-17(18)13-7-3-4-8-16(13)23-20/h1-10H. The Labute approximate surface area is 136 Å². The van der Waals surface area contributed by atoms with Crippen LogP contribution in [0.1, 0.15) is 31.2 Å². The maximum Gasteiger partial charge on any atom is 0.204 e. The number of thiophene rings is 1. The van der Waals surface area contributed by atoms with Gasteiger partial charge in [0.05, 0.1) is 10.4 Å². The molecule has 108 valence electrons. The second kappa shape index (κ2) is 4.37. The maximum atomic E-state index is 13.0. The lowest BCUT2D eigenvalue weighted by atomic mass is 9.86. The molecule has 2 nitrogen and oxygen atoms in total. The van der Waals surface area contributed by atoms with Gasteiger partial charge < -0.3 is 0 Å². The number of carbonyl (C=O) groups is 2. The normalized spacial score (nSPS) is 13.4. The van der Waals surface area contributed by atoms with Gasteiger partial charge in [-0.05, 0) is 29.0 Å². The molecule has 0 aliphatic heterocycles. The minimum atomic E-state index is -0.0437. The van der Waals surface area contributed by atoms with E-state index in [2.05, 4.69) is 0 Å². The molecule has 1 aliphatic carbocycles. The largest absolute Gasteiger partial charge is 0.289 e. The van der Waals surface area contributed by atoms with E-state index >= 15 is 0 Å². The van der Waals surface area contributed by atoms with Crippen molar-refractivity contribution in [1.29, 1.82) is 0 Å². The predicted molar refractivity (Wildman–Crippen MR) is 92.6 cm³/mol. The van der Waals surface area contributed by atoms with Crippen molar-refractivity contribution in [1.82, 2.24) is 0 Å². The zero-order chi connectivity index (χ0) is 15.6. The Bertz CT molecular complexity index is 1150. The van der Waals surface area contributed by atoms with E-state index in [0.29, 0.717) is 21.6 Å². The van der Waals surface area contributed by atoms with Gasteiger partial charge in [-0.15, -0.1) is 11.3 Å². The number of hydrogen-bond donors (Lipinski definition) is 0. The Balaban J connectivity index is 1.89. The molecule has 0 atom stereocenters. The second-order valence-corrected chi connectivity index (χ2v) is 6.76. The molecule has 3 aromatic carbocycles. The van der Waals surface area contributed by atoms with Crippen LogP contribution in [0.25, 0.3) is 20.9 Å². The fourth-order valence-corrected chi connectivity index (χ4v) is 4.46. The summed E-state index contributed by atoms with van der Waals surface area (Å²) in [6.45, 7) is 0. The van der Waals surface area contributed by atoms with Crippen molar-refractivity contribution in [3.63, 3.8) is 0 Å². The van der Waals surface area contributed by atoms with Gasteiger partial charge in [0.25, 0.3) is 0 Å². The number of carbonyl (C=O) groups excluding carboxylic acids is 2. The summed E-state index contributed by atoms with van der Waals surface area (Å²) in [6, 6.07) is 19.2. The van der Waals surface area contributed by atoms with Crippen molar-refractivity contribution < 1.29 is 9.59 Å². The predicted octanol–water partition coefficient (Wildman–Crippen LogP) is 4.83. The zero-order valence-corrected chi connectivity index (χ0v) is 12.8. The maximum absolute atomic E-state index is 13.0. The first-order valence-corrected chi connectivity index (χ1v) is 8.19. The fraction of sp³-hybridized carbons (Fsp3) is 0. The Morgan fingerprint density at radius 3 is 2.04 bits per heavy atom. The molecule has 0 spiro atoms. The van der Waals surface area contributed by atoms with Crippen LogP contribution in [0.5, 0.6) is 0 Å². The lowest BCUT2D eigenvalue weighted by Gasteiger charge is -2.15. The van der Waals surface area contributed by atoms with Crippen LogP contribution in [0, 0.1) is 0 Å². The first kappa shape index (κ1) is 12.7. The van der Waals surface area contributed by atoms with Crippen molar-refractivity contribution >= 4 is 43.8 Å². The molecule has 0 N–H and O–H groups in total. The lowest BCUT2D eigenvalue weighted by molar-refractivity contribution is 0.0984. The van der Waals surface area contributed by atoms with Gasteiger partial charge in [-0.25, -0.2) is 0 Å². The highest BCUT2D eigenvalue weighted by Gasteiger charge is 2.33. The second-order valence-electron chi connectivity index (χ2n) is 5.71. The Morgan fingerprint density at radius 1 is 0.696 bits per heavy atom. The highest BCUT2D eigenvalue weighted by atomic mass is 32.1. The molecular formula is C20H10O2S. The lowest BCUT2D eigenvalue weighted by Crippen LogP contribution is -2.18. The van der Waals surface area contributed by atoms with E-state index in [9.17, 15) is 9.59 Å². The molecule has 0 radical (unpaired) electrons. The van der Waals surface area contributed by atoms with E-state index in [1.54, 1.807) is 0 Å². The van der Waals surface area contributed by atoms with E-state index in [0.717, 1.165) is 20.9 Å². The average Bonchev–Trinajstić information content (AvgIpc) is 2.98. The summed E-state index contributed by atoms with van der Waals surface area (Å²) < 4.78 is 0.983. The molecule has 0 unspecified atom stereocenters. The summed E-state index contributed by atoms with van der Waals surface area (Å²) >= 11 is 1.41. The molecule has 0 amide bonds. The van der Waals surface area contributed by atoms with Crippen molar-refractivity contribution in [2.24, 2.45) is 0 Å². The third-order valence-electron chi connectivity index (χ3n) is 4.40. The van der Waals surface area contributed by atoms with Gasteiger partial charge in [0.15, 0.2) is 5.78 Å². The molecule has 3 heteroatoms. The molecule has 0 saturated carbocycles. The number of benzene rings is 3. The molecule has 4 aromatic rings. The molecule has 1 aliphatic rings. The van der Waals surface area contributed by atoms with Crippen LogP contribution in [0.15, 0.2) is 60.7 Å². The van der Waals surface area contributed by atoms with Crippen LogP contribution < -0.4 is 0 Å². The van der Waals surface area contributed by atoms with Gasteiger partial charge in [0.1, 0.15) is 0 Å². The Hall–Kier alpha value is -2.78. The van der Waals surface area contributed by atoms with Crippen LogP contribution in [-0.2, 0) is 0 Å². The van der Waals surface area contributed by atoms with Crippen molar-refractivity contribution in [2.75, 3.05) is 0 Å². The van der Waals surface area contributed by atoms with Crippen LogP contribution in [0.3, 0.4) is 0 Å². The zero-order valence-electron chi connectivity index (χ0n) is 12.0. The molecule has 1 aromatic heterocycles. The highest BCUT2D eigenvalue weighted by molar-refractivity contribution is 7.21. The molecule has 23 heavy (non-hydrogen) atoms. The minimum absolute atomic E-state index is 0.0402. The molecule has 0 bridgehead atoms. The average molecular weight is 314 g/mol. The number of fused-ring (bicyclic) bond motifs is 5. The van der Waals surface area contributed by atoms with Gasteiger partial charge in [-0.3, -0.25) is 9.59 Å². The van der Waals surface area contributed by atoms with E-state index in [-0.39, 0.29) is 11.6 Å². The first-order chi connectivity index (χ1) is 11.2. The van der Waals surface area contributed by atoms with Crippen LogP contribution in [0.4, 0.5) is 0 Å². The van der Waals surface area contributed by atoms with Crippen LogP contribution in [0.2, 0.25) is 0 Å². The van der Waals surface area contributed by atoms with Gasteiger partial charge >= 0.3 is 0 Å². The highest BCUT2D eigenvalue weighted by Crippen LogP contribution is 2.39. The van der Waals surface area contributed by atoms with Crippen LogP contribution in [-0.4, -0.2) is 11.6 Å². The number of ketones is 2. The Morgan fingerprint density at radius 2 is 1.30 bits per heavy atom. The van der Waals surface area contributed by atoms with Gasteiger partial charge in [-0.1, -0.05) is 42.5 Å². The Kier molecular flexibility index (Phi) is 2.42. The van der Waals surface area contributed by atoms with Crippen molar-refractivity contribution in [3.8, 4) is 0 Å². The summed E-state index contributed by atoms with van der Waals surface area (Å²) in [5.41, 5.74) is 1.61. The molecule has 0 saturated heterocycles. The third-order valence-corrected chi connectivity index (χ3v) is 5.57. The van der Waals surface area contributed by atoms with Gasteiger partial charge in [-0.2, -0.15) is 0 Å². The number of hydrogen-bond acceptors (Lipinski definition) is 3. The molecule has 5 rings (SSSR count). The van der Waals surface area contributed by atoms with Crippen molar-refractivity contribution in [3.05, 3.63) is 82.2 Å². The third kappa shape index (κ3) is 1.63. The van der Waals surface area contributed by atoms with E-state index < -0.39 is 0 Å². The summed E-state index contributed by atoms with van der Waals surface area (Å²) in [7, 11) is 0. The monoisotopic (exact) mass is 314 g/mol. The first-order valence-electron chi connectivity index (χ1n) is 7.38. The summed E-state index contributed by atoms with van der Waals surface area (Å²) in [6.07, 6.45) is 0. The molecule has 1 heterocycles. The molecule has 0 fully saturated rings. The van der Waals surface area contributed by atoms with E-state index in [4.69, 9.17) is 0 Å². The topological polar surface area (TPSA) is 34.1 Å². The van der Waals surface area contributed by atoms with Crippen molar-refractivity contribution in [2.45, 2.75) is 0 Å². The SMILES string of the molecule is O=C1c2cc3ccccc3cc2C(=O)c2c1sc1ccccc21. The van der Waals surface area contributed by atoms with Gasteiger partial charge in [0, 0.05) is 21.2 Å². The quantitative estimate of drug-likeness (QED) is 0.410.